The summed E-state index contributed by atoms with van der Waals surface area (Å²) in [7, 11) is 0. The first-order valence-corrected chi connectivity index (χ1v) is 18.1. The second-order valence-electron chi connectivity index (χ2n) is 14.0. The highest BCUT2D eigenvalue weighted by Gasteiger charge is 2.40. The molecule has 1 saturated carbocycles. The van der Waals surface area contributed by atoms with Crippen molar-refractivity contribution in [2.75, 3.05) is 4.90 Å². The maximum Gasteiger partial charge on any atom is 0.254 e. The van der Waals surface area contributed by atoms with E-state index < -0.39 is 23.8 Å². The molecule has 6 heteroatoms. The van der Waals surface area contributed by atoms with Crippen molar-refractivity contribution in [1.82, 2.24) is 5.32 Å². The van der Waals surface area contributed by atoms with Gasteiger partial charge in [0.15, 0.2) is 0 Å². The molecule has 0 saturated heterocycles. The summed E-state index contributed by atoms with van der Waals surface area (Å²) in [5, 5.41) is 5.56. The van der Waals surface area contributed by atoms with Crippen LogP contribution in [0.1, 0.15) is 69.0 Å². The van der Waals surface area contributed by atoms with Crippen molar-refractivity contribution in [3.8, 4) is 22.3 Å². The molecule has 50 heavy (non-hydrogen) atoms. The van der Waals surface area contributed by atoms with Crippen molar-refractivity contribution < 1.29 is 14.4 Å². The fraction of sp³-hybridized carbons (Fsp3) is 0.295. The second-order valence-corrected chi connectivity index (χ2v) is 14.0. The molecule has 1 aliphatic heterocycles. The largest absolute Gasteiger partial charge is 0.369 e. The van der Waals surface area contributed by atoms with Crippen molar-refractivity contribution in [3.05, 3.63) is 126 Å². The van der Waals surface area contributed by atoms with E-state index in [0.717, 1.165) is 71.2 Å². The minimum absolute atomic E-state index is 0.210. The minimum atomic E-state index is -0.932. The number of unbranched alkanes of at least 4 members (excludes halogenated alkanes) is 1. The van der Waals surface area contributed by atoms with Gasteiger partial charge in [-0.1, -0.05) is 136 Å². The molecule has 3 N–H and O–H groups in total. The average molecular weight is 664 g/mol. The van der Waals surface area contributed by atoms with Crippen LogP contribution in [0.2, 0.25) is 0 Å². The van der Waals surface area contributed by atoms with Crippen LogP contribution in [0.25, 0.3) is 33.0 Å². The molecule has 5 aromatic rings. The van der Waals surface area contributed by atoms with Crippen LogP contribution in [0.5, 0.6) is 0 Å². The van der Waals surface area contributed by atoms with Gasteiger partial charge in [-0.3, -0.25) is 14.4 Å². The lowest BCUT2D eigenvalue weighted by molar-refractivity contribution is -0.136. The van der Waals surface area contributed by atoms with Gasteiger partial charge in [0.25, 0.3) is 5.91 Å². The van der Waals surface area contributed by atoms with Crippen molar-refractivity contribution in [2.45, 2.75) is 64.5 Å². The molecule has 1 heterocycles. The first kappa shape index (κ1) is 33.3. The Morgan fingerprint density at radius 1 is 0.800 bits per heavy atom. The molecular weight excluding hydrogens is 619 g/mol. The molecule has 5 aromatic carbocycles. The van der Waals surface area contributed by atoms with Gasteiger partial charge in [-0.25, -0.2) is 0 Å². The normalized spacial score (nSPS) is 16.9. The standard InChI is InChI=1S/C44H45N3O3/c1-2-3-18-38(42(45)48)39(26-29-12-10-13-29)43(49)46-41-37-21-7-6-19-35(37)36-20-8-9-22-40(36)47(44(41)50)28-30-14-11-17-32(25-30)34-24-23-31-15-4-5-16-33(31)27-34/h4-9,11,14-17,19-25,27,29,38-39,41H,2-3,10,12-13,18,26,28H2,1H3,(H2,45,48)(H,46,49). The third kappa shape index (κ3) is 6.80. The van der Waals surface area contributed by atoms with Crippen LogP contribution in [0.4, 0.5) is 5.69 Å². The van der Waals surface area contributed by atoms with Gasteiger partial charge in [-0.2, -0.15) is 0 Å². The van der Waals surface area contributed by atoms with Crippen LogP contribution < -0.4 is 16.0 Å². The van der Waals surface area contributed by atoms with Crippen LogP contribution in [0.3, 0.4) is 0 Å². The van der Waals surface area contributed by atoms with E-state index in [0.29, 0.717) is 25.3 Å². The van der Waals surface area contributed by atoms with Crippen LogP contribution in [0.15, 0.2) is 115 Å². The number of anilines is 1. The Balaban J connectivity index is 1.24. The van der Waals surface area contributed by atoms with E-state index in [1.54, 1.807) is 0 Å². The number of amides is 3. The number of carbonyl (C=O) groups is 3. The summed E-state index contributed by atoms with van der Waals surface area (Å²) in [6.07, 6.45) is 6.14. The van der Waals surface area contributed by atoms with Crippen LogP contribution >= 0.6 is 0 Å². The number of hydrogen-bond acceptors (Lipinski definition) is 3. The van der Waals surface area contributed by atoms with Gasteiger partial charge in [0.2, 0.25) is 11.8 Å². The molecule has 0 aromatic heterocycles. The maximum atomic E-state index is 14.9. The highest BCUT2D eigenvalue weighted by atomic mass is 16.2. The maximum absolute atomic E-state index is 14.9. The van der Waals surface area contributed by atoms with Crippen LogP contribution in [0, 0.1) is 17.8 Å². The van der Waals surface area contributed by atoms with Crippen molar-refractivity contribution >= 4 is 34.2 Å². The first-order chi connectivity index (χ1) is 24.4. The van der Waals surface area contributed by atoms with E-state index in [2.05, 4.69) is 54.7 Å². The average Bonchev–Trinajstić information content (AvgIpc) is 3.21. The number of benzene rings is 5. The predicted octanol–water partition coefficient (Wildman–Crippen LogP) is 8.98. The highest BCUT2D eigenvalue weighted by molar-refractivity contribution is 6.06. The number of hydrogen-bond donors (Lipinski definition) is 2. The number of para-hydroxylation sites is 1. The summed E-state index contributed by atoms with van der Waals surface area (Å²) in [5.41, 5.74) is 12.5. The molecule has 0 spiro atoms. The lowest BCUT2D eigenvalue weighted by atomic mass is 9.73. The Morgan fingerprint density at radius 2 is 1.52 bits per heavy atom. The molecule has 0 radical (unpaired) electrons. The fourth-order valence-electron chi connectivity index (χ4n) is 7.80. The predicted molar refractivity (Wildman–Crippen MR) is 201 cm³/mol. The molecule has 3 unspecified atom stereocenters. The third-order valence-electron chi connectivity index (χ3n) is 10.8. The van der Waals surface area contributed by atoms with Crippen molar-refractivity contribution in [3.63, 3.8) is 0 Å². The number of nitrogens with two attached hydrogens (primary N) is 1. The number of fused-ring (bicyclic) bond motifs is 4. The Morgan fingerprint density at radius 3 is 2.28 bits per heavy atom. The van der Waals surface area contributed by atoms with E-state index in [-0.39, 0.29) is 11.8 Å². The Bertz CT molecular complexity index is 2030. The molecule has 6 nitrogen and oxygen atoms in total. The SMILES string of the molecule is CCCCC(C(N)=O)C(CC1CCC1)C(=O)NC1C(=O)N(Cc2cccc(-c3ccc4ccccc4c3)c2)c2ccccc2-c2ccccc21. The molecule has 1 fully saturated rings. The fourth-order valence-corrected chi connectivity index (χ4v) is 7.80. The molecule has 3 amide bonds. The van der Waals surface area contributed by atoms with Crippen LogP contribution in [-0.4, -0.2) is 17.7 Å². The Labute approximate surface area is 294 Å². The summed E-state index contributed by atoms with van der Waals surface area (Å²) in [6.45, 7) is 2.40. The summed E-state index contributed by atoms with van der Waals surface area (Å²) in [4.78, 5) is 43.9. The highest BCUT2D eigenvalue weighted by Crippen LogP contribution is 2.42. The Hall–Kier alpha value is -5.23. The van der Waals surface area contributed by atoms with Gasteiger partial charge in [-0.15, -0.1) is 0 Å². The smallest absolute Gasteiger partial charge is 0.254 e. The number of nitrogens with one attached hydrogen (secondary N) is 1. The van der Waals surface area contributed by atoms with Crippen LogP contribution in [-0.2, 0) is 20.9 Å². The minimum Gasteiger partial charge on any atom is -0.369 e. The van der Waals surface area contributed by atoms with Crippen molar-refractivity contribution in [2.24, 2.45) is 23.5 Å². The number of nitrogens with zero attached hydrogens (tertiary/aromatic N) is 1. The van der Waals surface area contributed by atoms with E-state index in [4.69, 9.17) is 5.73 Å². The van der Waals surface area contributed by atoms with Gasteiger partial charge < -0.3 is 16.0 Å². The number of rotatable bonds is 12. The third-order valence-corrected chi connectivity index (χ3v) is 10.8. The summed E-state index contributed by atoms with van der Waals surface area (Å²) in [6, 6.07) is 38.0. The number of carbonyl (C=O) groups excluding carboxylic acids is 3. The molecular formula is C44H45N3O3. The molecule has 3 atom stereocenters. The van der Waals surface area contributed by atoms with E-state index in [9.17, 15) is 14.4 Å². The lowest BCUT2D eigenvalue weighted by Gasteiger charge is -2.33. The van der Waals surface area contributed by atoms with Crippen molar-refractivity contribution in [1.29, 1.82) is 0 Å². The molecule has 1 aliphatic carbocycles. The molecule has 2 aliphatic rings. The quantitative estimate of drug-likeness (QED) is 0.140. The Kier molecular flexibility index (Phi) is 9.79. The topological polar surface area (TPSA) is 92.5 Å². The van der Waals surface area contributed by atoms with Gasteiger partial charge >= 0.3 is 0 Å². The second kappa shape index (κ2) is 14.7. The molecule has 0 bridgehead atoms. The zero-order chi connectivity index (χ0) is 34.6. The zero-order valence-electron chi connectivity index (χ0n) is 28.7. The van der Waals surface area contributed by atoms with Gasteiger partial charge in [0.1, 0.15) is 6.04 Å². The summed E-state index contributed by atoms with van der Waals surface area (Å²) >= 11 is 0. The van der Waals surface area contributed by atoms with Gasteiger partial charge in [0.05, 0.1) is 12.2 Å². The summed E-state index contributed by atoms with van der Waals surface area (Å²) < 4.78 is 0. The zero-order valence-corrected chi connectivity index (χ0v) is 28.7. The summed E-state index contributed by atoms with van der Waals surface area (Å²) in [5.74, 6) is -1.68. The van der Waals surface area contributed by atoms with Gasteiger partial charge in [0, 0.05) is 17.4 Å². The van der Waals surface area contributed by atoms with E-state index >= 15 is 0 Å². The number of primary amides is 1. The van der Waals surface area contributed by atoms with E-state index in [1.807, 2.05) is 77.7 Å². The lowest BCUT2D eigenvalue weighted by Crippen LogP contribution is -2.47. The molecule has 254 valence electrons. The monoisotopic (exact) mass is 663 g/mol. The van der Waals surface area contributed by atoms with E-state index in [1.165, 1.54) is 10.8 Å². The van der Waals surface area contributed by atoms with Gasteiger partial charge in [-0.05, 0) is 75.5 Å². The molecule has 7 rings (SSSR count). The first-order valence-electron chi connectivity index (χ1n) is 18.1.